The molecule has 2 aliphatic rings. The van der Waals surface area contributed by atoms with Crippen LogP contribution in [0.15, 0.2) is 48.5 Å². The molecule has 3 amide bonds. The molecule has 2 fully saturated rings. The second kappa shape index (κ2) is 9.99. The number of aliphatic hydroxyl groups is 1. The topological polar surface area (TPSA) is 90.9 Å². The van der Waals surface area contributed by atoms with E-state index < -0.39 is 17.0 Å². The zero-order valence-corrected chi connectivity index (χ0v) is 21.1. The predicted octanol–water partition coefficient (Wildman–Crippen LogP) is 3.52. The van der Waals surface area contributed by atoms with Gasteiger partial charge in [-0.3, -0.25) is 15.0 Å². The highest BCUT2D eigenvalue weighted by Crippen LogP contribution is 2.56. The molecule has 188 valence electrons. The van der Waals surface area contributed by atoms with Gasteiger partial charge >= 0.3 is 6.03 Å². The van der Waals surface area contributed by atoms with E-state index in [1.807, 2.05) is 36.4 Å². The van der Waals surface area contributed by atoms with Gasteiger partial charge in [-0.1, -0.05) is 36.4 Å². The molecule has 4 unspecified atom stereocenters. The van der Waals surface area contributed by atoms with Crippen LogP contribution in [0.2, 0.25) is 0 Å². The van der Waals surface area contributed by atoms with Crippen LogP contribution in [0.1, 0.15) is 49.3 Å². The van der Waals surface area contributed by atoms with Crippen LogP contribution < -0.4 is 15.4 Å². The van der Waals surface area contributed by atoms with Crippen molar-refractivity contribution in [2.45, 2.75) is 63.1 Å². The molecule has 1 aliphatic heterocycles. The number of amides is 3. The number of rotatable bonds is 5. The molecule has 0 radical (unpaired) electrons. The Morgan fingerprint density at radius 1 is 1.17 bits per heavy atom. The summed E-state index contributed by atoms with van der Waals surface area (Å²) in [6.45, 7) is 5.72. The first-order valence-electron chi connectivity index (χ1n) is 12.4. The Kier molecular flexibility index (Phi) is 7.20. The Hall–Kier alpha value is -2.90. The fourth-order valence-corrected chi connectivity index (χ4v) is 6.35. The Labute approximate surface area is 207 Å². The predicted molar refractivity (Wildman–Crippen MR) is 135 cm³/mol. The van der Waals surface area contributed by atoms with E-state index in [4.69, 9.17) is 4.74 Å². The maximum absolute atomic E-state index is 13.0. The van der Waals surface area contributed by atoms with Crippen molar-refractivity contribution in [1.29, 1.82) is 0 Å². The van der Waals surface area contributed by atoms with Gasteiger partial charge in [-0.25, -0.2) is 4.79 Å². The number of carbonyl (C=O) groups excluding carboxylic acids is 2. The van der Waals surface area contributed by atoms with Crippen molar-refractivity contribution in [1.82, 2.24) is 15.5 Å². The summed E-state index contributed by atoms with van der Waals surface area (Å²) < 4.78 is 5.55. The monoisotopic (exact) mass is 479 g/mol. The van der Waals surface area contributed by atoms with Gasteiger partial charge < -0.3 is 15.2 Å². The van der Waals surface area contributed by atoms with E-state index in [0.29, 0.717) is 25.7 Å². The molecule has 1 saturated carbocycles. The molecule has 35 heavy (non-hydrogen) atoms. The highest BCUT2D eigenvalue weighted by molar-refractivity contribution is 5.95. The molecule has 1 saturated heterocycles. The van der Waals surface area contributed by atoms with Crippen LogP contribution in [0.5, 0.6) is 5.75 Å². The van der Waals surface area contributed by atoms with E-state index in [1.54, 1.807) is 7.11 Å². The number of fused-ring (bicyclic) bond motifs is 1. The van der Waals surface area contributed by atoms with Crippen molar-refractivity contribution in [2.24, 2.45) is 5.92 Å². The highest BCUT2D eigenvalue weighted by Gasteiger charge is 2.61. The van der Waals surface area contributed by atoms with Gasteiger partial charge in [0.05, 0.1) is 12.7 Å². The molecule has 0 spiro atoms. The van der Waals surface area contributed by atoms with Crippen molar-refractivity contribution in [3.05, 3.63) is 65.2 Å². The fraction of sp³-hybridized carbons (Fsp3) is 0.500. The molecular formula is C28H37N3O4. The normalized spacial score (nSPS) is 28.6. The molecular weight excluding hydrogens is 442 g/mol. The maximum Gasteiger partial charge on any atom is 0.321 e. The second-order valence-electron chi connectivity index (χ2n) is 10.1. The largest absolute Gasteiger partial charge is 0.497 e. The molecule has 4 atom stereocenters. The summed E-state index contributed by atoms with van der Waals surface area (Å²) in [5.41, 5.74) is 1.64. The molecule has 7 nitrogen and oxygen atoms in total. The van der Waals surface area contributed by atoms with E-state index in [2.05, 4.69) is 41.5 Å². The van der Waals surface area contributed by atoms with Crippen molar-refractivity contribution < 1.29 is 19.4 Å². The lowest BCUT2D eigenvalue weighted by Crippen LogP contribution is -2.70. The summed E-state index contributed by atoms with van der Waals surface area (Å²) in [6, 6.07) is 15.7. The van der Waals surface area contributed by atoms with Gasteiger partial charge in [0.25, 0.3) is 0 Å². The third-order valence-corrected chi connectivity index (χ3v) is 8.39. The molecule has 4 rings (SSSR count). The number of urea groups is 1. The average molecular weight is 480 g/mol. The van der Waals surface area contributed by atoms with E-state index in [9.17, 15) is 14.7 Å². The number of piperidine rings is 1. The fourth-order valence-electron chi connectivity index (χ4n) is 6.35. The maximum atomic E-state index is 13.0. The first kappa shape index (κ1) is 25.2. The van der Waals surface area contributed by atoms with Crippen molar-refractivity contribution in [3.63, 3.8) is 0 Å². The number of benzene rings is 2. The number of ether oxygens (including phenoxy) is 1. The van der Waals surface area contributed by atoms with Crippen LogP contribution >= 0.6 is 0 Å². The smallest absolute Gasteiger partial charge is 0.321 e. The van der Waals surface area contributed by atoms with Gasteiger partial charge in [0, 0.05) is 31.0 Å². The summed E-state index contributed by atoms with van der Waals surface area (Å²) >= 11 is 0. The average Bonchev–Trinajstić information content (AvgIpc) is 2.87. The molecule has 2 aromatic rings. The number of nitrogens with one attached hydrogen (secondary N) is 2. The lowest BCUT2D eigenvalue weighted by Gasteiger charge is -2.61. The number of aryl methyl sites for hydroxylation is 1. The van der Waals surface area contributed by atoms with E-state index in [-0.39, 0.29) is 17.9 Å². The molecule has 3 N–H and O–H groups in total. The van der Waals surface area contributed by atoms with Crippen molar-refractivity contribution >= 4 is 11.9 Å². The minimum atomic E-state index is -1.04. The van der Waals surface area contributed by atoms with Crippen molar-refractivity contribution in [2.75, 3.05) is 20.7 Å². The van der Waals surface area contributed by atoms with Crippen LogP contribution in [0.3, 0.4) is 0 Å². The number of likely N-dealkylation sites (tertiary alicyclic amines) is 1. The summed E-state index contributed by atoms with van der Waals surface area (Å²) in [6.07, 6.45) is 2.18. The lowest BCUT2D eigenvalue weighted by molar-refractivity contribution is -0.168. The third kappa shape index (κ3) is 4.55. The quantitative estimate of drug-likeness (QED) is 0.611. The zero-order valence-electron chi connectivity index (χ0n) is 21.1. The van der Waals surface area contributed by atoms with Gasteiger partial charge in [0.2, 0.25) is 5.91 Å². The molecule has 0 bridgehead atoms. The SMILES string of the molecule is CNC(=O)NC(=O)C1CCC2(O)C(C)N(Cc3ccccc3)CCC2(c2cc(OC)ccc2C)C1. The molecule has 0 aromatic heterocycles. The van der Waals surface area contributed by atoms with Crippen molar-refractivity contribution in [3.8, 4) is 5.75 Å². The van der Waals surface area contributed by atoms with E-state index in [0.717, 1.165) is 30.0 Å². The molecule has 7 heteroatoms. The Bertz CT molecular complexity index is 1080. The Morgan fingerprint density at radius 3 is 2.60 bits per heavy atom. The highest BCUT2D eigenvalue weighted by atomic mass is 16.5. The van der Waals surface area contributed by atoms with Crippen LogP contribution in [0.4, 0.5) is 4.79 Å². The molecule has 1 aliphatic carbocycles. The second-order valence-corrected chi connectivity index (χ2v) is 10.1. The minimum absolute atomic E-state index is 0.120. The number of methoxy groups -OCH3 is 1. The van der Waals surface area contributed by atoms with Gasteiger partial charge in [-0.15, -0.1) is 0 Å². The summed E-state index contributed by atoms with van der Waals surface area (Å²) in [7, 11) is 3.14. The van der Waals surface area contributed by atoms with Gasteiger partial charge in [-0.05, 0) is 74.9 Å². The van der Waals surface area contributed by atoms with Gasteiger partial charge in [0.1, 0.15) is 5.75 Å². The van der Waals surface area contributed by atoms with Crippen LogP contribution in [-0.2, 0) is 16.8 Å². The number of imide groups is 1. The van der Waals surface area contributed by atoms with Crippen LogP contribution in [0.25, 0.3) is 0 Å². The standard InChI is InChI=1S/C28H37N3O4/c1-19-10-11-23(35-4)16-24(19)27-14-15-31(18-21-8-6-5-7-9-21)20(2)28(27,34)13-12-22(17-27)25(32)30-26(33)29-3/h5-11,16,20,22,34H,12-15,17-18H2,1-4H3,(H2,29,30,32,33). The summed E-state index contributed by atoms with van der Waals surface area (Å²) in [5, 5.41) is 17.5. The number of carbonyl (C=O) groups is 2. The van der Waals surface area contributed by atoms with Gasteiger partial charge in [-0.2, -0.15) is 0 Å². The minimum Gasteiger partial charge on any atom is -0.497 e. The zero-order chi connectivity index (χ0) is 25.2. The number of hydrogen-bond acceptors (Lipinski definition) is 5. The van der Waals surface area contributed by atoms with Crippen LogP contribution in [-0.4, -0.2) is 54.3 Å². The number of nitrogens with zero attached hydrogens (tertiary/aromatic N) is 1. The number of hydrogen-bond donors (Lipinski definition) is 3. The molecule has 2 aromatic carbocycles. The lowest BCUT2D eigenvalue weighted by atomic mass is 9.51. The van der Waals surface area contributed by atoms with Gasteiger partial charge in [0.15, 0.2) is 0 Å². The summed E-state index contributed by atoms with van der Waals surface area (Å²) in [4.78, 5) is 27.2. The third-order valence-electron chi connectivity index (χ3n) is 8.39. The van der Waals surface area contributed by atoms with E-state index in [1.165, 1.54) is 12.6 Å². The molecule has 1 heterocycles. The first-order chi connectivity index (χ1) is 16.7. The Morgan fingerprint density at radius 2 is 1.91 bits per heavy atom. The Balaban J connectivity index is 1.74. The first-order valence-corrected chi connectivity index (χ1v) is 12.4. The van der Waals surface area contributed by atoms with E-state index >= 15 is 0 Å². The van der Waals surface area contributed by atoms with Crippen LogP contribution in [0, 0.1) is 12.8 Å². The summed E-state index contributed by atoms with van der Waals surface area (Å²) in [5.74, 6) is 0.0790.